The predicted octanol–water partition coefficient (Wildman–Crippen LogP) is 2.21. The van der Waals surface area contributed by atoms with E-state index in [1.807, 2.05) is 13.8 Å². The first kappa shape index (κ1) is 9.04. The fourth-order valence-corrected chi connectivity index (χ4v) is 1.32. The molecule has 66 valence electrons. The van der Waals surface area contributed by atoms with Crippen LogP contribution in [0.15, 0.2) is 23.5 Å². The molecule has 1 heterocycles. The van der Waals surface area contributed by atoms with Crippen molar-refractivity contribution in [2.45, 2.75) is 33.3 Å². The molecule has 0 aliphatic carbocycles. The van der Waals surface area contributed by atoms with Crippen molar-refractivity contribution in [3.63, 3.8) is 0 Å². The topological polar surface area (TPSA) is 26.3 Å². The van der Waals surface area contributed by atoms with Crippen LogP contribution in [0.5, 0.6) is 0 Å². The third kappa shape index (κ3) is 1.58. The fourth-order valence-electron chi connectivity index (χ4n) is 1.32. The molecule has 0 saturated carbocycles. The summed E-state index contributed by atoms with van der Waals surface area (Å²) in [5.74, 6) is 0.867. The zero-order valence-corrected chi connectivity index (χ0v) is 7.81. The van der Waals surface area contributed by atoms with E-state index in [0.29, 0.717) is 6.42 Å². The molecule has 0 amide bonds. The van der Waals surface area contributed by atoms with Crippen LogP contribution in [0.1, 0.15) is 27.2 Å². The molecule has 2 nitrogen and oxygen atoms in total. The lowest BCUT2D eigenvalue weighted by molar-refractivity contribution is -0.113. The van der Waals surface area contributed by atoms with Gasteiger partial charge < -0.3 is 4.74 Å². The minimum atomic E-state index is 0.0175. The molecule has 0 fully saturated rings. The third-order valence-corrected chi connectivity index (χ3v) is 2.11. The number of carbonyl (C=O) groups excluding carboxylic acids is 1. The zero-order chi connectivity index (χ0) is 9.30. The Morgan fingerprint density at radius 3 is 2.42 bits per heavy atom. The molecule has 1 rings (SSSR count). The second kappa shape index (κ2) is 3.13. The molecule has 0 aromatic rings. The maximum Gasteiger partial charge on any atom is 0.159 e. The van der Waals surface area contributed by atoms with Gasteiger partial charge in [-0.25, -0.2) is 0 Å². The highest BCUT2D eigenvalue weighted by Gasteiger charge is 2.25. The number of hydrogen-bond acceptors (Lipinski definition) is 2. The minimum Gasteiger partial charge on any atom is -0.490 e. The molecule has 0 N–H and O–H groups in total. The Morgan fingerprint density at radius 2 is 2.17 bits per heavy atom. The molecule has 1 atom stereocenters. The molecule has 0 radical (unpaired) electrons. The van der Waals surface area contributed by atoms with E-state index in [4.69, 9.17) is 4.74 Å². The summed E-state index contributed by atoms with van der Waals surface area (Å²) in [6.45, 7) is 9.13. The van der Waals surface area contributed by atoms with E-state index in [0.717, 1.165) is 16.9 Å². The Hall–Kier alpha value is -1.05. The van der Waals surface area contributed by atoms with Crippen LogP contribution in [0, 0.1) is 0 Å². The number of rotatable bonds is 2. The Labute approximate surface area is 72.9 Å². The molecule has 0 saturated heterocycles. The van der Waals surface area contributed by atoms with Crippen molar-refractivity contribution >= 4 is 5.78 Å². The maximum absolute atomic E-state index is 11.1. The normalized spacial score (nSPS) is 22.4. The lowest BCUT2D eigenvalue weighted by Crippen LogP contribution is -2.07. The minimum absolute atomic E-state index is 0.0175. The van der Waals surface area contributed by atoms with Crippen LogP contribution < -0.4 is 0 Å². The van der Waals surface area contributed by atoms with Crippen molar-refractivity contribution in [3.8, 4) is 0 Å². The average molecular weight is 166 g/mol. The van der Waals surface area contributed by atoms with Gasteiger partial charge in [0.25, 0.3) is 0 Å². The van der Waals surface area contributed by atoms with Crippen molar-refractivity contribution in [1.29, 1.82) is 0 Å². The van der Waals surface area contributed by atoms with E-state index in [9.17, 15) is 4.79 Å². The highest BCUT2D eigenvalue weighted by molar-refractivity contribution is 5.94. The molecule has 12 heavy (non-hydrogen) atoms. The molecular formula is C10H14O2. The van der Waals surface area contributed by atoms with E-state index in [-0.39, 0.29) is 11.9 Å². The quantitative estimate of drug-likeness (QED) is 0.588. The summed E-state index contributed by atoms with van der Waals surface area (Å²) in [6, 6.07) is 0. The standard InChI is InChI=1S/C10H14O2/c1-6(2)10-5-9(7(3)11)8(4)12-10/h10H,1,5H2,2-4H3/t10-/m1/s1. The van der Waals surface area contributed by atoms with Crippen LogP contribution in [-0.4, -0.2) is 11.9 Å². The molecule has 1 aliphatic rings. The molecule has 0 spiro atoms. The second-order valence-electron chi connectivity index (χ2n) is 3.25. The number of Topliss-reactive ketones (excluding diaryl/α,β-unsaturated/α-hetero) is 1. The number of ether oxygens (including phenoxy) is 1. The number of hydrogen-bond donors (Lipinski definition) is 0. The van der Waals surface area contributed by atoms with Crippen molar-refractivity contribution in [3.05, 3.63) is 23.5 Å². The summed E-state index contributed by atoms with van der Waals surface area (Å²) in [6.07, 6.45) is 0.708. The summed E-state index contributed by atoms with van der Waals surface area (Å²) in [7, 11) is 0. The first-order valence-corrected chi connectivity index (χ1v) is 4.05. The van der Waals surface area contributed by atoms with Crippen molar-refractivity contribution in [2.75, 3.05) is 0 Å². The van der Waals surface area contributed by atoms with Gasteiger partial charge in [0.1, 0.15) is 11.9 Å². The van der Waals surface area contributed by atoms with Gasteiger partial charge in [-0.1, -0.05) is 6.58 Å². The van der Waals surface area contributed by atoms with E-state index in [2.05, 4.69) is 6.58 Å². The largest absolute Gasteiger partial charge is 0.490 e. The highest BCUT2D eigenvalue weighted by atomic mass is 16.5. The van der Waals surface area contributed by atoms with Gasteiger partial charge in [-0.05, 0) is 26.3 Å². The molecule has 2 heteroatoms. The van der Waals surface area contributed by atoms with Gasteiger partial charge in [0, 0.05) is 12.0 Å². The average Bonchev–Trinajstić information content (AvgIpc) is 2.30. The first-order chi connectivity index (χ1) is 5.52. The summed E-state index contributed by atoms with van der Waals surface area (Å²) < 4.78 is 5.46. The molecular weight excluding hydrogens is 152 g/mol. The van der Waals surface area contributed by atoms with Crippen LogP contribution in [0.2, 0.25) is 0 Å². The Balaban J connectivity index is 2.74. The monoisotopic (exact) mass is 166 g/mol. The summed E-state index contributed by atoms with van der Waals surface area (Å²) in [5, 5.41) is 0. The zero-order valence-electron chi connectivity index (χ0n) is 7.81. The van der Waals surface area contributed by atoms with E-state index < -0.39 is 0 Å². The predicted molar refractivity (Wildman–Crippen MR) is 47.7 cm³/mol. The third-order valence-electron chi connectivity index (χ3n) is 2.11. The fraction of sp³-hybridized carbons (Fsp3) is 0.500. The highest BCUT2D eigenvalue weighted by Crippen LogP contribution is 2.28. The molecule has 0 aromatic heterocycles. The lowest BCUT2D eigenvalue weighted by Gasteiger charge is -2.09. The van der Waals surface area contributed by atoms with E-state index in [1.54, 1.807) is 6.92 Å². The van der Waals surface area contributed by atoms with Gasteiger partial charge in [-0.3, -0.25) is 4.79 Å². The van der Waals surface area contributed by atoms with Gasteiger partial charge in [-0.15, -0.1) is 0 Å². The van der Waals surface area contributed by atoms with Gasteiger partial charge in [-0.2, -0.15) is 0 Å². The van der Waals surface area contributed by atoms with Crippen molar-refractivity contribution in [2.24, 2.45) is 0 Å². The van der Waals surface area contributed by atoms with Crippen molar-refractivity contribution < 1.29 is 9.53 Å². The van der Waals surface area contributed by atoms with Crippen molar-refractivity contribution in [1.82, 2.24) is 0 Å². The molecule has 0 aromatic carbocycles. The Bertz CT molecular complexity index is 261. The summed E-state index contributed by atoms with van der Waals surface area (Å²) in [4.78, 5) is 11.1. The van der Waals surface area contributed by atoms with Crippen LogP contribution in [-0.2, 0) is 9.53 Å². The summed E-state index contributed by atoms with van der Waals surface area (Å²) >= 11 is 0. The number of ketones is 1. The summed E-state index contributed by atoms with van der Waals surface area (Å²) in [5.41, 5.74) is 1.79. The van der Waals surface area contributed by atoms with Gasteiger partial charge >= 0.3 is 0 Å². The van der Waals surface area contributed by atoms with E-state index in [1.165, 1.54) is 0 Å². The number of carbonyl (C=O) groups is 1. The van der Waals surface area contributed by atoms with Gasteiger partial charge in [0.2, 0.25) is 0 Å². The SMILES string of the molecule is C=C(C)[C@H]1CC(C(C)=O)=C(C)O1. The Morgan fingerprint density at radius 1 is 1.58 bits per heavy atom. The second-order valence-corrected chi connectivity index (χ2v) is 3.25. The van der Waals surface area contributed by atoms with Crippen LogP contribution >= 0.6 is 0 Å². The number of allylic oxidation sites excluding steroid dienone is 1. The Kier molecular flexibility index (Phi) is 2.36. The van der Waals surface area contributed by atoms with E-state index >= 15 is 0 Å². The van der Waals surface area contributed by atoms with Gasteiger partial charge in [0.15, 0.2) is 5.78 Å². The van der Waals surface area contributed by atoms with Crippen LogP contribution in [0.4, 0.5) is 0 Å². The van der Waals surface area contributed by atoms with Crippen LogP contribution in [0.25, 0.3) is 0 Å². The molecule has 1 aliphatic heterocycles. The van der Waals surface area contributed by atoms with Gasteiger partial charge in [0.05, 0.1) is 0 Å². The van der Waals surface area contributed by atoms with Crippen LogP contribution in [0.3, 0.4) is 0 Å². The lowest BCUT2D eigenvalue weighted by atomic mass is 10.0. The maximum atomic E-state index is 11.1. The molecule has 0 bridgehead atoms. The first-order valence-electron chi connectivity index (χ1n) is 4.05. The molecule has 0 unspecified atom stereocenters. The smallest absolute Gasteiger partial charge is 0.159 e.